The molecule has 0 heterocycles. The van der Waals surface area contributed by atoms with E-state index in [1.807, 2.05) is 33.0 Å². The van der Waals surface area contributed by atoms with Crippen molar-refractivity contribution in [2.24, 2.45) is 0 Å². The van der Waals surface area contributed by atoms with Crippen LogP contribution in [0, 0.1) is 13.8 Å². The molecule has 0 fully saturated rings. The number of aryl methyl sites for hydroxylation is 2. The average molecular weight is 364 g/mol. The van der Waals surface area contributed by atoms with Gasteiger partial charge in [-0.1, -0.05) is 15.9 Å². The first kappa shape index (κ1) is 17.4. The number of anilines is 1. The number of nitrogens with one attached hydrogen (secondary N) is 2. The van der Waals surface area contributed by atoms with Crippen molar-refractivity contribution in [3.05, 3.63) is 27.7 Å². The Hall–Kier alpha value is -0.630. The first-order chi connectivity index (χ1) is 9.27. The Kier molecular flexibility index (Phi) is 6.44. The SMILES string of the molecule is CNCCCN(C)S(=O)(=O)Nc1cc(C)c(Br)c(C)c1. The van der Waals surface area contributed by atoms with E-state index in [9.17, 15) is 8.42 Å². The molecular weight excluding hydrogens is 342 g/mol. The lowest BCUT2D eigenvalue weighted by Crippen LogP contribution is -2.34. The van der Waals surface area contributed by atoms with E-state index in [0.29, 0.717) is 12.2 Å². The second-order valence-corrected chi connectivity index (χ2v) is 7.38. The third-order valence-electron chi connectivity index (χ3n) is 2.99. The first-order valence-corrected chi connectivity index (χ1v) is 8.66. The van der Waals surface area contributed by atoms with Crippen LogP contribution in [-0.4, -0.2) is 39.9 Å². The standard InChI is InChI=1S/C13H22BrN3O2S/c1-10-8-12(9-11(2)13(10)14)16-20(18,19)17(4)7-5-6-15-3/h8-9,15-16H,5-7H2,1-4H3. The summed E-state index contributed by atoms with van der Waals surface area (Å²) in [5.74, 6) is 0. The van der Waals surface area contributed by atoms with Gasteiger partial charge in [0, 0.05) is 18.1 Å². The van der Waals surface area contributed by atoms with Gasteiger partial charge in [0.15, 0.2) is 0 Å². The molecule has 5 nitrogen and oxygen atoms in total. The molecule has 20 heavy (non-hydrogen) atoms. The number of rotatable bonds is 7. The topological polar surface area (TPSA) is 61.4 Å². The Bertz CT molecular complexity index is 538. The maximum absolute atomic E-state index is 12.2. The fourth-order valence-corrected chi connectivity index (χ4v) is 3.00. The fraction of sp³-hybridized carbons (Fsp3) is 0.538. The van der Waals surface area contributed by atoms with Crippen molar-refractivity contribution in [2.45, 2.75) is 20.3 Å². The van der Waals surface area contributed by atoms with Gasteiger partial charge in [-0.25, -0.2) is 0 Å². The zero-order valence-electron chi connectivity index (χ0n) is 12.3. The van der Waals surface area contributed by atoms with Crippen molar-refractivity contribution >= 4 is 31.8 Å². The Labute approximate surface area is 130 Å². The van der Waals surface area contributed by atoms with Crippen LogP contribution in [0.2, 0.25) is 0 Å². The predicted molar refractivity (Wildman–Crippen MR) is 87.3 cm³/mol. The molecule has 1 aromatic carbocycles. The molecule has 0 aliphatic heterocycles. The van der Waals surface area contributed by atoms with E-state index in [0.717, 1.165) is 28.6 Å². The molecule has 0 atom stereocenters. The van der Waals surface area contributed by atoms with E-state index in [2.05, 4.69) is 26.0 Å². The van der Waals surface area contributed by atoms with E-state index in [1.165, 1.54) is 4.31 Å². The Morgan fingerprint density at radius 3 is 2.30 bits per heavy atom. The average Bonchev–Trinajstić information content (AvgIpc) is 2.35. The molecule has 0 unspecified atom stereocenters. The van der Waals surface area contributed by atoms with Crippen LogP contribution in [0.3, 0.4) is 0 Å². The smallest absolute Gasteiger partial charge is 0.301 e. The van der Waals surface area contributed by atoms with Crippen LogP contribution >= 0.6 is 15.9 Å². The third-order valence-corrected chi connectivity index (χ3v) is 5.74. The van der Waals surface area contributed by atoms with Crippen molar-refractivity contribution in [3.8, 4) is 0 Å². The molecule has 0 aliphatic carbocycles. The molecule has 0 spiro atoms. The number of benzene rings is 1. The summed E-state index contributed by atoms with van der Waals surface area (Å²) in [5, 5.41) is 3.00. The van der Waals surface area contributed by atoms with Crippen molar-refractivity contribution in [1.29, 1.82) is 0 Å². The number of hydrogen-bond donors (Lipinski definition) is 2. The minimum atomic E-state index is -3.50. The highest BCUT2D eigenvalue weighted by molar-refractivity contribution is 9.10. The van der Waals surface area contributed by atoms with E-state index < -0.39 is 10.2 Å². The summed E-state index contributed by atoms with van der Waals surface area (Å²) in [4.78, 5) is 0. The summed E-state index contributed by atoms with van der Waals surface area (Å²) >= 11 is 3.47. The van der Waals surface area contributed by atoms with Crippen LogP contribution < -0.4 is 10.0 Å². The van der Waals surface area contributed by atoms with Crippen molar-refractivity contribution in [2.75, 3.05) is 31.9 Å². The summed E-state index contributed by atoms with van der Waals surface area (Å²) in [6.45, 7) is 5.14. The highest BCUT2D eigenvalue weighted by Crippen LogP contribution is 2.25. The summed E-state index contributed by atoms with van der Waals surface area (Å²) in [7, 11) is -0.0726. The van der Waals surface area contributed by atoms with Gasteiger partial charge >= 0.3 is 10.2 Å². The fourth-order valence-electron chi connectivity index (χ4n) is 1.83. The normalized spacial score (nSPS) is 11.9. The molecule has 2 N–H and O–H groups in total. The lowest BCUT2D eigenvalue weighted by Gasteiger charge is -2.19. The zero-order chi connectivity index (χ0) is 15.3. The predicted octanol–water partition coefficient (Wildman–Crippen LogP) is 2.26. The summed E-state index contributed by atoms with van der Waals surface area (Å²) in [6.07, 6.45) is 0.770. The highest BCUT2D eigenvalue weighted by Gasteiger charge is 2.17. The lowest BCUT2D eigenvalue weighted by molar-refractivity contribution is 0.462. The van der Waals surface area contributed by atoms with E-state index in [1.54, 1.807) is 7.05 Å². The quantitative estimate of drug-likeness (QED) is 0.730. The van der Waals surface area contributed by atoms with Crippen LogP contribution in [0.4, 0.5) is 5.69 Å². The van der Waals surface area contributed by atoms with E-state index in [4.69, 9.17) is 0 Å². The number of hydrogen-bond acceptors (Lipinski definition) is 3. The van der Waals surface area contributed by atoms with Gasteiger partial charge in [0.1, 0.15) is 0 Å². The molecule has 0 saturated heterocycles. The van der Waals surface area contributed by atoms with Gasteiger partial charge in [-0.05, 0) is 57.1 Å². The van der Waals surface area contributed by atoms with Crippen LogP contribution in [0.25, 0.3) is 0 Å². The maximum atomic E-state index is 12.2. The Morgan fingerprint density at radius 1 is 1.25 bits per heavy atom. The molecule has 0 aromatic heterocycles. The van der Waals surface area contributed by atoms with Gasteiger partial charge in [-0.2, -0.15) is 12.7 Å². The first-order valence-electron chi connectivity index (χ1n) is 6.43. The zero-order valence-corrected chi connectivity index (χ0v) is 14.7. The van der Waals surface area contributed by atoms with Crippen LogP contribution in [0.15, 0.2) is 16.6 Å². The molecule has 1 aromatic rings. The summed E-state index contributed by atoms with van der Waals surface area (Å²) < 4.78 is 29.3. The van der Waals surface area contributed by atoms with Crippen molar-refractivity contribution in [1.82, 2.24) is 9.62 Å². The molecule has 114 valence electrons. The van der Waals surface area contributed by atoms with Gasteiger partial charge in [0.2, 0.25) is 0 Å². The van der Waals surface area contributed by atoms with Gasteiger partial charge in [0.05, 0.1) is 5.69 Å². The molecule has 0 aliphatic rings. The van der Waals surface area contributed by atoms with Gasteiger partial charge in [-0.15, -0.1) is 0 Å². The summed E-state index contributed by atoms with van der Waals surface area (Å²) in [6, 6.07) is 3.63. The molecule has 0 saturated carbocycles. The molecular formula is C13H22BrN3O2S. The highest BCUT2D eigenvalue weighted by atomic mass is 79.9. The van der Waals surface area contributed by atoms with Gasteiger partial charge < -0.3 is 5.32 Å². The van der Waals surface area contributed by atoms with Crippen molar-refractivity contribution in [3.63, 3.8) is 0 Å². The van der Waals surface area contributed by atoms with Crippen LogP contribution in [-0.2, 0) is 10.2 Å². The number of halogens is 1. The lowest BCUT2D eigenvalue weighted by atomic mass is 10.1. The minimum absolute atomic E-state index is 0.477. The minimum Gasteiger partial charge on any atom is -0.320 e. The Morgan fingerprint density at radius 2 is 1.80 bits per heavy atom. The third kappa shape index (κ3) is 4.73. The second-order valence-electron chi connectivity index (χ2n) is 4.81. The van der Waals surface area contributed by atoms with Crippen LogP contribution in [0.5, 0.6) is 0 Å². The van der Waals surface area contributed by atoms with E-state index in [-0.39, 0.29) is 0 Å². The molecule has 0 bridgehead atoms. The second kappa shape index (κ2) is 7.40. The molecule has 7 heteroatoms. The molecule has 0 amide bonds. The largest absolute Gasteiger partial charge is 0.320 e. The summed E-state index contributed by atoms with van der Waals surface area (Å²) in [5.41, 5.74) is 2.59. The molecule has 1 rings (SSSR count). The van der Waals surface area contributed by atoms with Crippen LogP contribution in [0.1, 0.15) is 17.5 Å². The van der Waals surface area contributed by atoms with E-state index >= 15 is 0 Å². The maximum Gasteiger partial charge on any atom is 0.301 e. The Balaban J connectivity index is 2.80. The van der Waals surface area contributed by atoms with Gasteiger partial charge in [0.25, 0.3) is 0 Å². The van der Waals surface area contributed by atoms with Crippen molar-refractivity contribution < 1.29 is 8.42 Å². The molecule has 0 radical (unpaired) electrons. The monoisotopic (exact) mass is 363 g/mol. The number of nitrogens with zero attached hydrogens (tertiary/aromatic N) is 1. The van der Waals surface area contributed by atoms with Gasteiger partial charge in [-0.3, -0.25) is 4.72 Å².